The second-order valence-electron chi connectivity index (χ2n) is 4.09. The number of fused-ring (bicyclic) bond motifs is 1. The van der Waals surface area contributed by atoms with Gasteiger partial charge in [0.25, 0.3) is 0 Å². The summed E-state index contributed by atoms with van der Waals surface area (Å²) < 4.78 is 2.02. The van der Waals surface area contributed by atoms with Crippen molar-refractivity contribution in [3.8, 4) is 11.8 Å². The summed E-state index contributed by atoms with van der Waals surface area (Å²) in [7, 11) is 0. The average molecular weight is 232 g/mol. The molecule has 0 atom stereocenters. The zero-order valence-corrected chi connectivity index (χ0v) is 10.1. The number of nitrogens with zero attached hydrogens (tertiary/aromatic N) is 2. The minimum absolute atomic E-state index is 0.937. The monoisotopic (exact) mass is 232 g/mol. The highest BCUT2D eigenvalue weighted by Crippen LogP contribution is 2.10. The Bertz CT molecular complexity index is 743. The third-order valence-corrected chi connectivity index (χ3v) is 2.80. The Morgan fingerprint density at radius 1 is 0.944 bits per heavy atom. The van der Waals surface area contributed by atoms with E-state index in [-0.39, 0.29) is 0 Å². The Hall–Kier alpha value is -2.53. The van der Waals surface area contributed by atoms with Crippen LogP contribution in [0.2, 0.25) is 0 Å². The van der Waals surface area contributed by atoms with Crippen LogP contribution in [0.1, 0.15) is 17.0 Å². The number of aromatic nitrogens is 2. The molecule has 0 amide bonds. The molecule has 2 aromatic heterocycles. The van der Waals surface area contributed by atoms with E-state index in [2.05, 4.69) is 16.8 Å². The van der Waals surface area contributed by atoms with Gasteiger partial charge in [0.05, 0.1) is 5.69 Å². The van der Waals surface area contributed by atoms with Crippen LogP contribution >= 0.6 is 0 Å². The normalized spacial score (nSPS) is 10.1. The number of hydrogen-bond acceptors (Lipinski definition) is 1. The van der Waals surface area contributed by atoms with Crippen LogP contribution < -0.4 is 0 Å². The molecule has 2 heterocycles. The van der Waals surface area contributed by atoms with Crippen LogP contribution in [0.3, 0.4) is 0 Å². The highest BCUT2D eigenvalue weighted by Gasteiger charge is 2.04. The fraction of sp³-hybridized carbons (Fsp3) is 0.0625. The first-order chi connectivity index (χ1) is 8.84. The lowest BCUT2D eigenvalue weighted by Gasteiger charge is -1.93. The largest absolute Gasteiger partial charge is 0.293 e. The van der Waals surface area contributed by atoms with Gasteiger partial charge >= 0.3 is 0 Å². The lowest BCUT2D eigenvalue weighted by Crippen LogP contribution is -1.87. The minimum atomic E-state index is 0.937. The van der Waals surface area contributed by atoms with Gasteiger partial charge in [-0.2, -0.15) is 0 Å². The van der Waals surface area contributed by atoms with E-state index in [1.54, 1.807) is 0 Å². The molecule has 0 radical (unpaired) electrons. The lowest BCUT2D eigenvalue weighted by molar-refractivity contribution is 1.16. The number of rotatable bonds is 0. The molecule has 0 aliphatic heterocycles. The topological polar surface area (TPSA) is 17.3 Å². The van der Waals surface area contributed by atoms with Crippen LogP contribution in [0, 0.1) is 18.8 Å². The summed E-state index contributed by atoms with van der Waals surface area (Å²) in [6.45, 7) is 1.99. The van der Waals surface area contributed by atoms with Crippen molar-refractivity contribution in [1.82, 2.24) is 9.38 Å². The Morgan fingerprint density at radius 2 is 1.72 bits per heavy atom. The standard InChI is InChI=1S/C16H12N2/c1-13-15(11-10-14-7-3-2-4-8-14)18-12-6-5-9-16(18)17-13/h2-9,12H,1H3. The highest BCUT2D eigenvalue weighted by molar-refractivity contribution is 5.50. The molecule has 0 aliphatic carbocycles. The van der Waals surface area contributed by atoms with Crippen molar-refractivity contribution in [3.05, 3.63) is 71.7 Å². The zero-order chi connectivity index (χ0) is 12.4. The average Bonchev–Trinajstić information content (AvgIpc) is 2.73. The van der Waals surface area contributed by atoms with E-state index in [1.807, 2.05) is 66.1 Å². The molecule has 18 heavy (non-hydrogen) atoms. The second kappa shape index (κ2) is 4.38. The molecule has 1 aromatic carbocycles. The SMILES string of the molecule is Cc1nc2ccccn2c1C#Cc1ccccc1. The first kappa shape index (κ1) is 10.6. The van der Waals surface area contributed by atoms with Gasteiger partial charge in [0.2, 0.25) is 0 Å². The molecule has 86 valence electrons. The van der Waals surface area contributed by atoms with E-state index in [4.69, 9.17) is 0 Å². The van der Waals surface area contributed by atoms with E-state index in [9.17, 15) is 0 Å². The van der Waals surface area contributed by atoms with E-state index >= 15 is 0 Å². The smallest absolute Gasteiger partial charge is 0.137 e. The van der Waals surface area contributed by atoms with E-state index in [0.29, 0.717) is 0 Å². The Labute approximate surface area is 106 Å². The third kappa shape index (κ3) is 1.87. The maximum Gasteiger partial charge on any atom is 0.137 e. The summed E-state index contributed by atoms with van der Waals surface area (Å²) in [4.78, 5) is 4.49. The summed E-state index contributed by atoms with van der Waals surface area (Å²) in [6.07, 6.45) is 1.99. The van der Waals surface area contributed by atoms with Crippen molar-refractivity contribution in [2.45, 2.75) is 6.92 Å². The van der Waals surface area contributed by atoms with Crippen LogP contribution in [-0.4, -0.2) is 9.38 Å². The summed E-state index contributed by atoms with van der Waals surface area (Å²) in [5.74, 6) is 6.37. The van der Waals surface area contributed by atoms with Crippen LogP contribution in [0.4, 0.5) is 0 Å². The predicted octanol–water partition coefficient (Wildman–Crippen LogP) is 3.04. The van der Waals surface area contributed by atoms with Crippen molar-refractivity contribution in [3.63, 3.8) is 0 Å². The van der Waals surface area contributed by atoms with E-state index in [0.717, 1.165) is 22.6 Å². The Balaban J connectivity index is 2.11. The molecule has 3 rings (SSSR count). The summed E-state index contributed by atoms with van der Waals surface area (Å²) in [5, 5.41) is 0. The fourth-order valence-corrected chi connectivity index (χ4v) is 1.92. The molecule has 0 saturated heterocycles. The van der Waals surface area contributed by atoms with Gasteiger partial charge in [0, 0.05) is 11.8 Å². The molecule has 2 heteroatoms. The summed E-state index contributed by atoms with van der Waals surface area (Å²) >= 11 is 0. The molecular formula is C16H12N2. The lowest BCUT2D eigenvalue weighted by atomic mass is 10.2. The molecule has 0 aliphatic rings. The molecule has 0 unspecified atom stereocenters. The molecule has 0 N–H and O–H groups in total. The third-order valence-electron chi connectivity index (χ3n) is 2.80. The maximum atomic E-state index is 4.49. The van der Waals surface area contributed by atoms with Crippen molar-refractivity contribution >= 4 is 5.65 Å². The summed E-state index contributed by atoms with van der Waals surface area (Å²) in [6, 6.07) is 15.9. The van der Waals surface area contributed by atoms with Gasteiger partial charge in [0.15, 0.2) is 0 Å². The predicted molar refractivity (Wildman–Crippen MR) is 72.4 cm³/mol. The number of imidazole rings is 1. The molecular weight excluding hydrogens is 220 g/mol. The quantitative estimate of drug-likeness (QED) is 0.544. The molecule has 0 spiro atoms. The maximum absolute atomic E-state index is 4.49. The van der Waals surface area contributed by atoms with Crippen LogP contribution in [0.15, 0.2) is 54.7 Å². The second-order valence-corrected chi connectivity index (χ2v) is 4.09. The molecule has 3 aromatic rings. The number of hydrogen-bond donors (Lipinski definition) is 0. The molecule has 2 nitrogen and oxygen atoms in total. The van der Waals surface area contributed by atoms with Gasteiger partial charge in [-0.1, -0.05) is 30.2 Å². The highest BCUT2D eigenvalue weighted by atomic mass is 15.0. The minimum Gasteiger partial charge on any atom is -0.293 e. The van der Waals surface area contributed by atoms with Crippen molar-refractivity contribution in [2.75, 3.05) is 0 Å². The van der Waals surface area contributed by atoms with Crippen LogP contribution in [-0.2, 0) is 0 Å². The van der Waals surface area contributed by atoms with Crippen molar-refractivity contribution < 1.29 is 0 Å². The fourth-order valence-electron chi connectivity index (χ4n) is 1.92. The van der Waals surface area contributed by atoms with Crippen LogP contribution in [0.5, 0.6) is 0 Å². The Kier molecular flexibility index (Phi) is 2.59. The first-order valence-electron chi connectivity index (χ1n) is 5.85. The van der Waals surface area contributed by atoms with Crippen molar-refractivity contribution in [1.29, 1.82) is 0 Å². The zero-order valence-electron chi connectivity index (χ0n) is 10.1. The summed E-state index contributed by atoms with van der Waals surface area (Å²) in [5.41, 5.74) is 3.87. The number of pyridine rings is 1. The van der Waals surface area contributed by atoms with Gasteiger partial charge in [0.1, 0.15) is 11.3 Å². The molecule has 0 bridgehead atoms. The van der Waals surface area contributed by atoms with E-state index in [1.165, 1.54) is 0 Å². The van der Waals surface area contributed by atoms with Gasteiger partial charge in [-0.3, -0.25) is 4.40 Å². The Morgan fingerprint density at radius 3 is 2.56 bits per heavy atom. The number of benzene rings is 1. The molecule has 0 saturated carbocycles. The van der Waals surface area contributed by atoms with Gasteiger partial charge in [-0.05, 0) is 37.1 Å². The van der Waals surface area contributed by atoms with Crippen molar-refractivity contribution in [2.24, 2.45) is 0 Å². The van der Waals surface area contributed by atoms with E-state index < -0.39 is 0 Å². The van der Waals surface area contributed by atoms with Gasteiger partial charge < -0.3 is 0 Å². The van der Waals surface area contributed by atoms with Gasteiger partial charge in [-0.15, -0.1) is 0 Å². The first-order valence-corrected chi connectivity index (χ1v) is 5.85. The molecule has 0 fully saturated rings. The van der Waals surface area contributed by atoms with Gasteiger partial charge in [-0.25, -0.2) is 4.98 Å². The van der Waals surface area contributed by atoms with Crippen LogP contribution in [0.25, 0.3) is 5.65 Å². The number of aryl methyl sites for hydroxylation is 1.